The van der Waals surface area contributed by atoms with E-state index in [1.807, 2.05) is 0 Å². The van der Waals surface area contributed by atoms with E-state index >= 15 is 0 Å². The maximum atomic E-state index is 11.9. The van der Waals surface area contributed by atoms with E-state index in [4.69, 9.17) is 5.26 Å². The van der Waals surface area contributed by atoms with Gasteiger partial charge in [0.25, 0.3) is 0 Å². The third-order valence-electron chi connectivity index (χ3n) is 3.88. The SMILES string of the molecule is N#Cc1ccc(CC(=O)NCC2CCCCC2O)cc1. The molecule has 2 rings (SSSR count). The molecule has 1 aromatic rings. The molecule has 2 unspecified atom stereocenters. The Morgan fingerprint density at radius 1 is 1.30 bits per heavy atom. The number of aliphatic hydroxyl groups excluding tert-OH is 1. The second kappa shape index (κ2) is 7.06. The fraction of sp³-hybridized carbons (Fsp3) is 0.500. The van der Waals surface area contributed by atoms with E-state index in [1.54, 1.807) is 24.3 Å². The topological polar surface area (TPSA) is 73.1 Å². The molecule has 2 N–H and O–H groups in total. The van der Waals surface area contributed by atoms with Crippen molar-refractivity contribution in [3.63, 3.8) is 0 Å². The van der Waals surface area contributed by atoms with Crippen LogP contribution in [0.5, 0.6) is 0 Å². The number of aliphatic hydroxyl groups is 1. The van der Waals surface area contributed by atoms with Gasteiger partial charge in [-0.1, -0.05) is 25.0 Å². The van der Waals surface area contributed by atoms with Crippen molar-refractivity contribution in [3.8, 4) is 6.07 Å². The number of hydrogen-bond acceptors (Lipinski definition) is 3. The summed E-state index contributed by atoms with van der Waals surface area (Å²) in [5, 5.41) is 21.5. The van der Waals surface area contributed by atoms with Crippen LogP contribution in [0.3, 0.4) is 0 Å². The van der Waals surface area contributed by atoms with Crippen molar-refractivity contribution in [2.45, 2.75) is 38.2 Å². The average Bonchev–Trinajstić information content (AvgIpc) is 2.47. The van der Waals surface area contributed by atoms with E-state index in [0.29, 0.717) is 18.5 Å². The summed E-state index contributed by atoms with van der Waals surface area (Å²) in [7, 11) is 0. The smallest absolute Gasteiger partial charge is 0.224 e. The average molecular weight is 272 g/mol. The molecule has 1 amide bonds. The lowest BCUT2D eigenvalue weighted by atomic mass is 9.86. The van der Waals surface area contributed by atoms with Gasteiger partial charge in [-0.05, 0) is 30.5 Å². The Balaban J connectivity index is 1.78. The number of nitriles is 1. The minimum absolute atomic E-state index is 0.0347. The van der Waals surface area contributed by atoms with Crippen LogP contribution in [-0.2, 0) is 11.2 Å². The Kier molecular flexibility index (Phi) is 5.14. The van der Waals surface area contributed by atoms with E-state index < -0.39 is 0 Å². The predicted molar refractivity (Wildman–Crippen MR) is 75.8 cm³/mol. The van der Waals surface area contributed by atoms with Gasteiger partial charge in [0.1, 0.15) is 0 Å². The van der Waals surface area contributed by atoms with Gasteiger partial charge in [0, 0.05) is 12.5 Å². The van der Waals surface area contributed by atoms with Crippen LogP contribution in [0.1, 0.15) is 36.8 Å². The number of benzene rings is 1. The van der Waals surface area contributed by atoms with Crippen molar-refractivity contribution >= 4 is 5.91 Å². The van der Waals surface area contributed by atoms with Crippen molar-refractivity contribution in [3.05, 3.63) is 35.4 Å². The summed E-state index contributed by atoms with van der Waals surface area (Å²) in [6.45, 7) is 0.552. The molecule has 1 aliphatic carbocycles. The molecule has 4 heteroatoms. The zero-order valence-corrected chi connectivity index (χ0v) is 11.5. The molecule has 0 aromatic heterocycles. The van der Waals surface area contributed by atoms with Crippen LogP contribution in [0, 0.1) is 17.2 Å². The minimum atomic E-state index is -0.279. The highest BCUT2D eigenvalue weighted by atomic mass is 16.3. The molecule has 0 spiro atoms. The summed E-state index contributed by atoms with van der Waals surface area (Å²) in [5.41, 5.74) is 1.49. The van der Waals surface area contributed by atoms with E-state index in [0.717, 1.165) is 31.2 Å². The standard InChI is InChI=1S/C16H20N2O2/c17-10-13-7-5-12(6-8-13)9-16(20)18-11-14-3-1-2-4-15(14)19/h5-8,14-15,19H,1-4,9,11H2,(H,18,20). The maximum Gasteiger partial charge on any atom is 0.224 e. The minimum Gasteiger partial charge on any atom is -0.393 e. The largest absolute Gasteiger partial charge is 0.393 e. The number of nitrogens with one attached hydrogen (secondary N) is 1. The Labute approximate surface area is 119 Å². The molecule has 1 aromatic carbocycles. The number of rotatable bonds is 4. The molecular weight excluding hydrogens is 252 g/mol. The lowest BCUT2D eigenvalue weighted by Gasteiger charge is -2.27. The van der Waals surface area contributed by atoms with Crippen molar-refractivity contribution in [2.24, 2.45) is 5.92 Å². The summed E-state index contributed by atoms with van der Waals surface area (Å²) in [5.74, 6) is 0.154. The Morgan fingerprint density at radius 2 is 2.00 bits per heavy atom. The highest BCUT2D eigenvalue weighted by Gasteiger charge is 2.23. The quantitative estimate of drug-likeness (QED) is 0.877. The van der Waals surface area contributed by atoms with E-state index in [1.165, 1.54) is 0 Å². The first kappa shape index (κ1) is 14.5. The molecule has 0 heterocycles. The van der Waals surface area contributed by atoms with Crippen LogP contribution >= 0.6 is 0 Å². The van der Waals surface area contributed by atoms with Gasteiger partial charge >= 0.3 is 0 Å². The van der Waals surface area contributed by atoms with E-state index in [-0.39, 0.29) is 17.9 Å². The van der Waals surface area contributed by atoms with Crippen molar-refractivity contribution < 1.29 is 9.90 Å². The molecule has 2 atom stereocenters. The van der Waals surface area contributed by atoms with Gasteiger partial charge in [0.2, 0.25) is 5.91 Å². The van der Waals surface area contributed by atoms with Gasteiger partial charge < -0.3 is 10.4 Å². The van der Waals surface area contributed by atoms with Gasteiger partial charge in [-0.3, -0.25) is 4.79 Å². The van der Waals surface area contributed by atoms with Crippen LogP contribution in [-0.4, -0.2) is 23.7 Å². The van der Waals surface area contributed by atoms with E-state index in [9.17, 15) is 9.90 Å². The first-order valence-electron chi connectivity index (χ1n) is 7.13. The van der Waals surface area contributed by atoms with Gasteiger partial charge in [0.05, 0.1) is 24.2 Å². The van der Waals surface area contributed by atoms with Crippen molar-refractivity contribution in [2.75, 3.05) is 6.54 Å². The molecule has 1 fully saturated rings. The normalized spacial score (nSPS) is 22.0. The molecule has 1 saturated carbocycles. The molecule has 0 aliphatic heterocycles. The van der Waals surface area contributed by atoms with Crippen LogP contribution in [0.15, 0.2) is 24.3 Å². The Hall–Kier alpha value is -1.86. The summed E-state index contributed by atoms with van der Waals surface area (Å²) in [6.07, 6.45) is 4.08. The molecule has 0 bridgehead atoms. The highest BCUT2D eigenvalue weighted by Crippen LogP contribution is 2.23. The van der Waals surface area contributed by atoms with Gasteiger partial charge in [-0.2, -0.15) is 5.26 Å². The number of carbonyl (C=O) groups excluding carboxylic acids is 1. The zero-order chi connectivity index (χ0) is 14.4. The highest BCUT2D eigenvalue weighted by molar-refractivity contribution is 5.78. The molecule has 0 saturated heterocycles. The fourth-order valence-electron chi connectivity index (χ4n) is 2.62. The lowest BCUT2D eigenvalue weighted by molar-refractivity contribution is -0.120. The molecule has 106 valence electrons. The molecule has 4 nitrogen and oxygen atoms in total. The molecule has 20 heavy (non-hydrogen) atoms. The first-order chi connectivity index (χ1) is 9.69. The summed E-state index contributed by atoms with van der Waals surface area (Å²) >= 11 is 0. The summed E-state index contributed by atoms with van der Waals surface area (Å²) in [6, 6.07) is 9.08. The lowest BCUT2D eigenvalue weighted by Crippen LogP contribution is -2.37. The van der Waals surface area contributed by atoms with Crippen LogP contribution < -0.4 is 5.32 Å². The Bertz CT molecular complexity index is 490. The fourth-order valence-corrected chi connectivity index (χ4v) is 2.62. The van der Waals surface area contributed by atoms with Gasteiger partial charge in [-0.25, -0.2) is 0 Å². The summed E-state index contributed by atoms with van der Waals surface area (Å²) < 4.78 is 0. The third kappa shape index (κ3) is 4.07. The van der Waals surface area contributed by atoms with Gasteiger partial charge in [-0.15, -0.1) is 0 Å². The third-order valence-corrected chi connectivity index (χ3v) is 3.88. The molecule has 0 radical (unpaired) electrons. The van der Waals surface area contributed by atoms with Gasteiger partial charge in [0.15, 0.2) is 0 Å². The number of amides is 1. The molecule has 1 aliphatic rings. The second-order valence-corrected chi connectivity index (χ2v) is 5.40. The van der Waals surface area contributed by atoms with Crippen LogP contribution in [0.2, 0.25) is 0 Å². The zero-order valence-electron chi connectivity index (χ0n) is 11.5. The number of carbonyl (C=O) groups is 1. The molecular formula is C16H20N2O2. The monoisotopic (exact) mass is 272 g/mol. The number of hydrogen-bond donors (Lipinski definition) is 2. The summed E-state index contributed by atoms with van der Waals surface area (Å²) in [4.78, 5) is 11.9. The maximum absolute atomic E-state index is 11.9. The van der Waals surface area contributed by atoms with Crippen LogP contribution in [0.4, 0.5) is 0 Å². The van der Waals surface area contributed by atoms with Crippen molar-refractivity contribution in [1.29, 1.82) is 5.26 Å². The Morgan fingerprint density at radius 3 is 2.65 bits per heavy atom. The van der Waals surface area contributed by atoms with Crippen molar-refractivity contribution in [1.82, 2.24) is 5.32 Å². The van der Waals surface area contributed by atoms with E-state index in [2.05, 4.69) is 11.4 Å². The first-order valence-corrected chi connectivity index (χ1v) is 7.13. The second-order valence-electron chi connectivity index (χ2n) is 5.40. The number of nitrogens with zero attached hydrogens (tertiary/aromatic N) is 1. The predicted octanol–water partition coefficient (Wildman–Crippen LogP) is 1.77. The van der Waals surface area contributed by atoms with Crippen LogP contribution in [0.25, 0.3) is 0 Å².